The Labute approximate surface area is 141 Å². The number of hydrogen-bond donors (Lipinski definition) is 2. The van der Waals surface area contributed by atoms with Crippen molar-refractivity contribution in [3.8, 4) is 0 Å². The molecule has 11 nitrogen and oxygen atoms in total. The quantitative estimate of drug-likeness (QED) is 0.340. The molecule has 1 rings (SSSR count). The summed E-state index contributed by atoms with van der Waals surface area (Å²) in [5, 5.41) is 28.7. The van der Waals surface area contributed by atoms with Crippen molar-refractivity contribution < 1.29 is 29.2 Å². The number of ether oxygens (including phenoxy) is 2. The summed E-state index contributed by atoms with van der Waals surface area (Å²) in [7, 11) is 1.05. The molecule has 0 aliphatic carbocycles. The topological polar surface area (TPSA) is 168 Å². The monoisotopic (exact) mass is 365 g/mol. The summed E-state index contributed by atoms with van der Waals surface area (Å²) in [5.41, 5.74) is 2.81. The zero-order valence-corrected chi connectivity index (χ0v) is 13.8. The fourth-order valence-electron chi connectivity index (χ4n) is 1.26. The number of methoxy groups -OCH3 is 1. The highest BCUT2D eigenvalue weighted by Gasteiger charge is 2.27. The van der Waals surface area contributed by atoms with Crippen molar-refractivity contribution in [2.24, 2.45) is 5.73 Å². The Morgan fingerprint density at radius 3 is 1.92 bits per heavy atom. The number of carbonyl (C=O) groups is 1. The summed E-state index contributed by atoms with van der Waals surface area (Å²) >= 11 is 5.48. The number of halogens is 1. The number of esters is 1. The second-order valence-corrected chi connectivity index (χ2v) is 5.09. The van der Waals surface area contributed by atoms with Gasteiger partial charge in [-0.05, 0) is 13.8 Å². The highest BCUT2D eigenvalue weighted by molar-refractivity contribution is 6.35. The summed E-state index contributed by atoms with van der Waals surface area (Å²) in [6.07, 6.45) is 0. The van der Waals surface area contributed by atoms with Crippen LogP contribution in [-0.4, -0.2) is 40.6 Å². The standard InChI is InChI=1S/C8H5ClN2O6.C4H11NO2/c1-17-8(12)4-2-5(10(13)14)7(9)6(3-4)11(15)16;1-4(2,5)7-3-6/h2-3H,1H3;6H,3,5H2,1-2H3. The summed E-state index contributed by atoms with van der Waals surface area (Å²) in [6, 6.07) is 1.64. The predicted octanol–water partition coefficient (Wildman–Crippen LogP) is 1.59. The number of carbonyl (C=O) groups excluding carboxylic acids is 1. The van der Waals surface area contributed by atoms with Gasteiger partial charge in [0.15, 0.2) is 5.02 Å². The van der Waals surface area contributed by atoms with E-state index in [2.05, 4.69) is 9.47 Å². The van der Waals surface area contributed by atoms with E-state index in [0.29, 0.717) is 0 Å². The fraction of sp³-hybridized carbons (Fsp3) is 0.417. The molecule has 0 aliphatic heterocycles. The summed E-state index contributed by atoms with van der Waals surface area (Å²) in [5.74, 6) is -0.923. The largest absolute Gasteiger partial charge is 0.465 e. The SMILES string of the molecule is CC(C)(N)OCO.COC(=O)c1cc([N+](=O)[O-])c(Cl)c([N+](=O)[O-])c1. The van der Waals surface area contributed by atoms with Crippen LogP contribution in [0.3, 0.4) is 0 Å². The van der Waals surface area contributed by atoms with Crippen LogP contribution >= 0.6 is 11.6 Å². The summed E-state index contributed by atoms with van der Waals surface area (Å²) < 4.78 is 8.88. The smallest absolute Gasteiger partial charge is 0.338 e. The Morgan fingerprint density at radius 1 is 1.29 bits per heavy atom. The third-order valence-electron chi connectivity index (χ3n) is 2.29. The lowest BCUT2D eigenvalue weighted by Crippen LogP contribution is -2.35. The van der Waals surface area contributed by atoms with Gasteiger partial charge in [-0.1, -0.05) is 11.6 Å². The first-order valence-corrected chi connectivity index (χ1v) is 6.56. The minimum atomic E-state index is -0.923. The maximum atomic E-state index is 11.2. The molecule has 3 N–H and O–H groups in total. The molecule has 12 heteroatoms. The molecule has 0 heterocycles. The molecule has 0 radical (unpaired) electrons. The molecule has 1 aromatic carbocycles. The van der Waals surface area contributed by atoms with E-state index in [1.807, 2.05) is 0 Å². The van der Waals surface area contributed by atoms with Gasteiger partial charge in [0.2, 0.25) is 0 Å². The van der Waals surface area contributed by atoms with E-state index in [9.17, 15) is 25.0 Å². The average Bonchev–Trinajstić information content (AvgIpc) is 2.45. The van der Waals surface area contributed by atoms with Gasteiger partial charge in [-0.3, -0.25) is 20.2 Å². The van der Waals surface area contributed by atoms with Crippen molar-refractivity contribution in [2.75, 3.05) is 13.9 Å². The Balaban J connectivity index is 0.000000640. The number of aliphatic hydroxyl groups excluding tert-OH is 1. The molecule has 1 aromatic rings. The Bertz CT molecular complexity index is 594. The first-order chi connectivity index (χ1) is 10.9. The average molecular weight is 366 g/mol. The maximum absolute atomic E-state index is 11.2. The molecule has 0 bridgehead atoms. The third-order valence-corrected chi connectivity index (χ3v) is 2.67. The number of hydrogen-bond acceptors (Lipinski definition) is 9. The molecule has 0 unspecified atom stereocenters. The van der Waals surface area contributed by atoms with Crippen molar-refractivity contribution in [1.29, 1.82) is 0 Å². The lowest BCUT2D eigenvalue weighted by atomic mass is 10.1. The van der Waals surface area contributed by atoms with Crippen molar-refractivity contribution in [1.82, 2.24) is 0 Å². The number of aliphatic hydroxyl groups is 1. The molecule has 0 saturated heterocycles. The zero-order chi connectivity index (χ0) is 19.1. The van der Waals surface area contributed by atoms with Crippen LogP contribution in [0.25, 0.3) is 0 Å². The van der Waals surface area contributed by atoms with Gasteiger partial charge >= 0.3 is 5.97 Å². The normalized spacial score (nSPS) is 10.4. The number of nitro groups is 2. The maximum Gasteiger partial charge on any atom is 0.338 e. The van der Waals surface area contributed by atoms with Crippen LogP contribution in [0.5, 0.6) is 0 Å². The lowest BCUT2D eigenvalue weighted by molar-refractivity contribution is -0.393. The van der Waals surface area contributed by atoms with E-state index in [-0.39, 0.29) is 12.4 Å². The lowest BCUT2D eigenvalue weighted by Gasteiger charge is -2.16. The van der Waals surface area contributed by atoms with E-state index in [0.717, 1.165) is 19.2 Å². The molecule has 0 fully saturated rings. The summed E-state index contributed by atoms with van der Waals surface area (Å²) in [4.78, 5) is 30.5. The van der Waals surface area contributed by atoms with E-state index < -0.39 is 37.9 Å². The fourth-order valence-corrected chi connectivity index (χ4v) is 1.51. The van der Waals surface area contributed by atoms with Gasteiger partial charge in [0, 0.05) is 12.1 Å². The molecular weight excluding hydrogens is 350 g/mol. The summed E-state index contributed by atoms with van der Waals surface area (Å²) in [6.45, 7) is 3.02. The predicted molar refractivity (Wildman–Crippen MR) is 82.5 cm³/mol. The van der Waals surface area contributed by atoms with Crippen LogP contribution in [-0.2, 0) is 9.47 Å². The molecule has 0 spiro atoms. The number of nitrogens with two attached hydrogens (primary N) is 1. The minimum absolute atomic E-state index is 0.310. The van der Waals surface area contributed by atoms with Crippen LogP contribution in [0.2, 0.25) is 5.02 Å². The van der Waals surface area contributed by atoms with Crippen molar-refractivity contribution in [2.45, 2.75) is 19.6 Å². The number of nitrogens with zero attached hydrogens (tertiary/aromatic N) is 2. The second kappa shape index (κ2) is 9.08. The van der Waals surface area contributed by atoms with E-state index in [1.165, 1.54) is 0 Å². The van der Waals surface area contributed by atoms with Crippen LogP contribution in [0.1, 0.15) is 24.2 Å². The molecular formula is C12H16ClN3O8. The number of benzene rings is 1. The van der Waals surface area contributed by atoms with Gasteiger partial charge in [-0.15, -0.1) is 0 Å². The van der Waals surface area contributed by atoms with E-state index in [4.69, 9.17) is 22.4 Å². The van der Waals surface area contributed by atoms with Crippen molar-refractivity contribution in [3.63, 3.8) is 0 Å². The van der Waals surface area contributed by atoms with Crippen LogP contribution < -0.4 is 5.73 Å². The van der Waals surface area contributed by atoms with Crippen molar-refractivity contribution in [3.05, 3.63) is 42.9 Å². The Kier molecular flexibility index (Phi) is 8.19. The molecule has 0 amide bonds. The number of rotatable bonds is 5. The molecule has 134 valence electrons. The molecule has 0 aliphatic rings. The van der Waals surface area contributed by atoms with Gasteiger partial charge in [0.25, 0.3) is 11.4 Å². The minimum Gasteiger partial charge on any atom is -0.465 e. The van der Waals surface area contributed by atoms with Gasteiger partial charge in [-0.25, -0.2) is 4.79 Å². The van der Waals surface area contributed by atoms with Crippen LogP contribution in [0, 0.1) is 20.2 Å². The molecule has 0 aromatic heterocycles. The molecule has 0 saturated carbocycles. The third kappa shape index (κ3) is 6.83. The first kappa shape index (κ1) is 21.7. The van der Waals surface area contributed by atoms with E-state index in [1.54, 1.807) is 13.8 Å². The first-order valence-electron chi connectivity index (χ1n) is 6.19. The van der Waals surface area contributed by atoms with Gasteiger partial charge in [0.05, 0.1) is 22.5 Å². The zero-order valence-electron chi connectivity index (χ0n) is 13.0. The van der Waals surface area contributed by atoms with Gasteiger partial charge < -0.3 is 20.3 Å². The van der Waals surface area contributed by atoms with Gasteiger partial charge in [-0.2, -0.15) is 0 Å². The molecule has 24 heavy (non-hydrogen) atoms. The second-order valence-electron chi connectivity index (χ2n) is 4.71. The molecule has 0 atom stereocenters. The van der Waals surface area contributed by atoms with Crippen LogP contribution in [0.15, 0.2) is 12.1 Å². The van der Waals surface area contributed by atoms with Crippen molar-refractivity contribution >= 4 is 28.9 Å². The Hall–Kier alpha value is -2.34. The highest BCUT2D eigenvalue weighted by Crippen LogP contribution is 2.34. The van der Waals surface area contributed by atoms with Crippen LogP contribution in [0.4, 0.5) is 11.4 Å². The van der Waals surface area contributed by atoms with E-state index >= 15 is 0 Å². The Morgan fingerprint density at radius 2 is 1.71 bits per heavy atom. The highest BCUT2D eigenvalue weighted by atomic mass is 35.5. The number of nitro benzene ring substituents is 2. The van der Waals surface area contributed by atoms with Gasteiger partial charge in [0.1, 0.15) is 12.5 Å².